The molecule has 1 unspecified atom stereocenters. The second-order valence-electron chi connectivity index (χ2n) is 6.29. The van der Waals surface area contributed by atoms with Crippen LogP contribution in [0.4, 0.5) is 8.78 Å². The van der Waals surface area contributed by atoms with Gasteiger partial charge in [-0.15, -0.1) is 24.0 Å². The number of likely N-dealkylation sites (N-methyl/N-ethyl adjacent to an activating group) is 1. The molecule has 1 atom stereocenters. The number of benzene rings is 2. The highest BCUT2D eigenvalue weighted by Crippen LogP contribution is 2.17. The van der Waals surface area contributed by atoms with Crippen LogP contribution in [-0.4, -0.2) is 45.1 Å². The van der Waals surface area contributed by atoms with E-state index in [0.717, 1.165) is 17.5 Å². The van der Waals surface area contributed by atoms with Gasteiger partial charge >= 0.3 is 0 Å². The minimum absolute atomic E-state index is 0. The van der Waals surface area contributed by atoms with Crippen LogP contribution in [0.15, 0.2) is 53.5 Å². The molecule has 0 aromatic heterocycles. The molecule has 2 aromatic rings. The average molecular weight is 488 g/mol. The lowest BCUT2D eigenvalue weighted by molar-refractivity contribution is 0.298. The third kappa shape index (κ3) is 7.80. The second kappa shape index (κ2) is 11.9. The SMILES string of the molecule is CN=C(NCCc1ccc(F)cc1)NCC(c1ccc(F)cc1)N(C)C.I. The van der Waals surface area contributed by atoms with Crippen molar-refractivity contribution < 1.29 is 8.78 Å². The fourth-order valence-electron chi connectivity index (χ4n) is 2.67. The standard InChI is InChI=1S/C20H26F2N4.HI/c1-23-20(24-13-12-15-4-8-17(21)9-5-15)25-14-19(26(2)3)16-6-10-18(22)11-7-16;/h4-11,19H,12-14H2,1-3H3,(H2,23,24,25);1H. The van der Waals surface area contributed by atoms with Crippen LogP contribution >= 0.6 is 24.0 Å². The van der Waals surface area contributed by atoms with Gasteiger partial charge in [0, 0.05) is 20.1 Å². The number of aliphatic imine (C=N–C) groups is 1. The van der Waals surface area contributed by atoms with E-state index < -0.39 is 0 Å². The van der Waals surface area contributed by atoms with Crippen molar-refractivity contribution in [2.75, 3.05) is 34.2 Å². The first-order chi connectivity index (χ1) is 12.5. The highest BCUT2D eigenvalue weighted by Gasteiger charge is 2.14. The van der Waals surface area contributed by atoms with Gasteiger partial charge in [0.1, 0.15) is 11.6 Å². The van der Waals surface area contributed by atoms with E-state index in [2.05, 4.69) is 20.5 Å². The number of guanidine groups is 1. The van der Waals surface area contributed by atoms with E-state index in [-0.39, 0.29) is 41.7 Å². The van der Waals surface area contributed by atoms with E-state index in [1.807, 2.05) is 14.1 Å². The van der Waals surface area contributed by atoms with Crippen LogP contribution in [0.1, 0.15) is 17.2 Å². The zero-order valence-electron chi connectivity index (χ0n) is 15.9. The molecule has 4 nitrogen and oxygen atoms in total. The lowest BCUT2D eigenvalue weighted by Gasteiger charge is -2.26. The molecule has 0 aliphatic rings. The summed E-state index contributed by atoms with van der Waals surface area (Å²) < 4.78 is 26.1. The van der Waals surface area contributed by atoms with Crippen molar-refractivity contribution >= 4 is 29.9 Å². The molecule has 148 valence electrons. The lowest BCUT2D eigenvalue weighted by atomic mass is 10.1. The molecule has 27 heavy (non-hydrogen) atoms. The lowest BCUT2D eigenvalue weighted by Crippen LogP contribution is -2.42. The first-order valence-electron chi connectivity index (χ1n) is 8.60. The topological polar surface area (TPSA) is 39.7 Å². The molecular weight excluding hydrogens is 461 g/mol. The summed E-state index contributed by atoms with van der Waals surface area (Å²) in [7, 11) is 5.69. The summed E-state index contributed by atoms with van der Waals surface area (Å²) in [6, 6.07) is 13.1. The molecule has 0 spiro atoms. The van der Waals surface area contributed by atoms with Crippen molar-refractivity contribution in [3.8, 4) is 0 Å². The maximum Gasteiger partial charge on any atom is 0.191 e. The Bertz CT molecular complexity index is 703. The zero-order chi connectivity index (χ0) is 18.9. The number of nitrogens with one attached hydrogen (secondary N) is 2. The smallest absolute Gasteiger partial charge is 0.191 e. The third-order valence-electron chi connectivity index (χ3n) is 4.18. The Kier molecular flexibility index (Phi) is 10.2. The summed E-state index contributed by atoms with van der Waals surface area (Å²) in [5.41, 5.74) is 2.09. The predicted octanol–water partition coefficient (Wildman–Crippen LogP) is 3.59. The fraction of sp³-hybridized carbons (Fsp3) is 0.350. The van der Waals surface area contributed by atoms with E-state index in [9.17, 15) is 8.78 Å². The molecule has 2 rings (SSSR count). The summed E-state index contributed by atoms with van der Waals surface area (Å²) in [6.07, 6.45) is 0.774. The normalized spacial score (nSPS) is 12.4. The van der Waals surface area contributed by atoms with Gasteiger partial charge in [0.25, 0.3) is 0 Å². The average Bonchev–Trinajstić information content (AvgIpc) is 2.63. The highest BCUT2D eigenvalue weighted by molar-refractivity contribution is 14.0. The molecule has 7 heteroatoms. The van der Waals surface area contributed by atoms with Crippen molar-refractivity contribution in [1.29, 1.82) is 0 Å². The minimum Gasteiger partial charge on any atom is -0.356 e. The van der Waals surface area contributed by atoms with Gasteiger partial charge in [-0.1, -0.05) is 24.3 Å². The maximum absolute atomic E-state index is 13.1. The van der Waals surface area contributed by atoms with Crippen LogP contribution in [0.2, 0.25) is 0 Å². The first kappa shape index (κ1) is 23.3. The molecule has 0 radical (unpaired) electrons. The Morgan fingerprint density at radius 2 is 1.52 bits per heavy atom. The Hall–Kier alpha value is -1.74. The van der Waals surface area contributed by atoms with Crippen molar-refractivity contribution in [1.82, 2.24) is 15.5 Å². The summed E-state index contributed by atoms with van der Waals surface area (Å²) >= 11 is 0. The van der Waals surface area contributed by atoms with Gasteiger partial charge in [0.15, 0.2) is 5.96 Å². The zero-order valence-corrected chi connectivity index (χ0v) is 18.2. The van der Waals surface area contributed by atoms with E-state index in [4.69, 9.17) is 0 Å². The van der Waals surface area contributed by atoms with Gasteiger partial charge in [-0.05, 0) is 55.9 Å². The predicted molar refractivity (Wildman–Crippen MR) is 118 cm³/mol. The van der Waals surface area contributed by atoms with E-state index in [1.165, 1.54) is 24.3 Å². The van der Waals surface area contributed by atoms with Crippen LogP contribution < -0.4 is 10.6 Å². The number of hydrogen-bond donors (Lipinski definition) is 2. The number of hydrogen-bond acceptors (Lipinski definition) is 2. The minimum atomic E-state index is -0.238. The molecule has 0 aliphatic carbocycles. The van der Waals surface area contributed by atoms with E-state index >= 15 is 0 Å². The summed E-state index contributed by atoms with van der Waals surface area (Å²) in [4.78, 5) is 6.30. The van der Waals surface area contributed by atoms with Gasteiger partial charge in [-0.25, -0.2) is 8.78 Å². The largest absolute Gasteiger partial charge is 0.356 e. The van der Waals surface area contributed by atoms with Crippen LogP contribution in [-0.2, 0) is 6.42 Å². The Balaban J connectivity index is 0.00000364. The Morgan fingerprint density at radius 1 is 0.963 bits per heavy atom. The molecule has 0 fully saturated rings. The maximum atomic E-state index is 13.1. The molecule has 0 amide bonds. The van der Waals surface area contributed by atoms with Gasteiger partial charge in [0.2, 0.25) is 0 Å². The van der Waals surface area contributed by atoms with E-state index in [0.29, 0.717) is 19.0 Å². The van der Waals surface area contributed by atoms with Gasteiger partial charge in [0.05, 0.1) is 6.04 Å². The number of nitrogens with zero attached hydrogens (tertiary/aromatic N) is 2. The van der Waals surface area contributed by atoms with Crippen LogP contribution in [0.3, 0.4) is 0 Å². The number of halogens is 3. The van der Waals surface area contributed by atoms with Crippen molar-refractivity contribution in [3.05, 3.63) is 71.3 Å². The Labute approximate surface area is 177 Å². The van der Waals surface area contributed by atoms with Crippen LogP contribution in [0, 0.1) is 11.6 Å². The molecule has 2 N–H and O–H groups in total. The molecule has 0 bridgehead atoms. The first-order valence-corrected chi connectivity index (χ1v) is 8.60. The highest BCUT2D eigenvalue weighted by atomic mass is 127. The van der Waals surface area contributed by atoms with E-state index in [1.54, 1.807) is 31.3 Å². The third-order valence-corrected chi connectivity index (χ3v) is 4.18. The van der Waals surface area contributed by atoms with Crippen LogP contribution in [0.5, 0.6) is 0 Å². The molecule has 0 saturated heterocycles. The second-order valence-corrected chi connectivity index (χ2v) is 6.29. The quantitative estimate of drug-likeness (QED) is 0.356. The molecular formula is C20H27F2IN4. The summed E-state index contributed by atoms with van der Waals surface area (Å²) in [5.74, 6) is 0.230. The van der Waals surface area contributed by atoms with Crippen molar-refractivity contribution in [3.63, 3.8) is 0 Å². The molecule has 0 heterocycles. The molecule has 0 aliphatic heterocycles. The van der Waals surface area contributed by atoms with Crippen molar-refractivity contribution in [2.24, 2.45) is 4.99 Å². The van der Waals surface area contributed by atoms with Crippen LogP contribution in [0.25, 0.3) is 0 Å². The van der Waals surface area contributed by atoms with Gasteiger partial charge in [-0.3, -0.25) is 4.99 Å². The molecule has 2 aromatic carbocycles. The monoisotopic (exact) mass is 488 g/mol. The number of rotatable bonds is 7. The van der Waals surface area contributed by atoms with Gasteiger partial charge in [-0.2, -0.15) is 0 Å². The molecule has 0 saturated carbocycles. The summed E-state index contributed by atoms with van der Waals surface area (Å²) in [5, 5.41) is 6.56. The summed E-state index contributed by atoms with van der Waals surface area (Å²) in [6.45, 7) is 1.32. The van der Waals surface area contributed by atoms with Gasteiger partial charge < -0.3 is 15.5 Å². The Morgan fingerprint density at radius 3 is 2.04 bits per heavy atom. The van der Waals surface area contributed by atoms with Crippen molar-refractivity contribution in [2.45, 2.75) is 12.5 Å². The fourth-order valence-corrected chi connectivity index (χ4v) is 2.67.